The number of thioether (sulfide) groups is 1. The number of methoxy groups -OCH3 is 1. The Hall–Kier alpha value is -1.90. The molecule has 1 N–H and O–H groups in total. The number of ketones is 1. The molecule has 0 unspecified atom stereocenters. The summed E-state index contributed by atoms with van der Waals surface area (Å²) < 4.78 is 6.81. The van der Waals surface area contributed by atoms with Crippen molar-refractivity contribution in [1.82, 2.24) is 10.2 Å². The number of carbonyl (C=O) groups is 1. The number of nitrogens with one attached hydrogen (secondary N) is 1. The smallest absolute Gasteiger partial charge is 0.206 e. The molecule has 1 heterocycles. The Balaban J connectivity index is 1.53. The highest BCUT2D eigenvalue weighted by atomic mass is 79.9. The number of Topliss-reactive ketones (excluding diaryl/α,β-unsaturated/α-hetero) is 1. The molecular formula is C19H18BrN3O2S2. The van der Waals surface area contributed by atoms with E-state index in [2.05, 4.69) is 62.6 Å². The summed E-state index contributed by atoms with van der Waals surface area (Å²) in [5, 5.41) is 12.0. The third-order valence-corrected chi connectivity index (χ3v) is 6.43. The fourth-order valence-electron chi connectivity index (χ4n) is 2.38. The van der Waals surface area contributed by atoms with Gasteiger partial charge >= 0.3 is 0 Å². The first kappa shape index (κ1) is 19.9. The molecule has 0 atom stereocenters. The Morgan fingerprint density at radius 2 is 2.11 bits per heavy atom. The number of nitrogens with zero attached hydrogens (tertiary/aromatic N) is 2. The van der Waals surface area contributed by atoms with Crippen LogP contribution in [0.2, 0.25) is 0 Å². The topological polar surface area (TPSA) is 64.1 Å². The lowest BCUT2D eigenvalue weighted by Gasteiger charge is -2.06. The number of carbonyl (C=O) groups excluding carboxylic acids is 1. The van der Waals surface area contributed by atoms with E-state index < -0.39 is 0 Å². The Bertz CT molecular complexity index is 946. The Morgan fingerprint density at radius 3 is 2.85 bits per heavy atom. The predicted molar refractivity (Wildman–Crippen MR) is 114 cm³/mol. The summed E-state index contributed by atoms with van der Waals surface area (Å²) in [6.45, 7) is 2.25. The number of benzene rings is 2. The molecule has 0 fully saturated rings. The highest BCUT2D eigenvalue weighted by Crippen LogP contribution is 2.29. The van der Waals surface area contributed by atoms with Crippen LogP contribution < -0.4 is 10.1 Å². The van der Waals surface area contributed by atoms with Gasteiger partial charge in [-0.05, 0) is 46.6 Å². The molecule has 2 aromatic carbocycles. The van der Waals surface area contributed by atoms with Gasteiger partial charge in [-0.1, -0.05) is 52.9 Å². The summed E-state index contributed by atoms with van der Waals surface area (Å²) in [4.78, 5) is 12.3. The van der Waals surface area contributed by atoms with Crippen molar-refractivity contribution < 1.29 is 9.53 Å². The van der Waals surface area contributed by atoms with Crippen LogP contribution in [0, 0.1) is 6.92 Å². The van der Waals surface area contributed by atoms with Crippen molar-refractivity contribution in [2.24, 2.45) is 0 Å². The highest BCUT2D eigenvalue weighted by molar-refractivity contribution is 9.10. The van der Waals surface area contributed by atoms with Crippen molar-refractivity contribution >= 4 is 49.9 Å². The lowest BCUT2D eigenvalue weighted by molar-refractivity contribution is 0.101. The minimum absolute atomic E-state index is 0.0254. The van der Waals surface area contributed by atoms with Crippen LogP contribution in [-0.2, 0) is 5.75 Å². The Labute approximate surface area is 174 Å². The summed E-state index contributed by atoms with van der Waals surface area (Å²) in [5.41, 5.74) is 3.11. The largest absolute Gasteiger partial charge is 0.496 e. The quantitative estimate of drug-likeness (QED) is 0.365. The van der Waals surface area contributed by atoms with Gasteiger partial charge in [-0.15, -0.1) is 10.2 Å². The second-order valence-corrected chi connectivity index (χ2v) is 8.83. The van der Waals surface area contributed by atoms with Crippen LogP contribution in [0.3, 0.4) is 0 Å². The molecule has 0 saturated carbocycles. The van der Waals surface area contributed by atoms with Crippen LogP contribution in [0.5, 0.6) is 5.75 Å². The van der Waals surface area contributed by atoms with Crippen molar-refractivity contribution in [3.05, 3.63) is 63.6 Å². The van der Waals surface area contributed by atoms with Gasteiger partial charge in [-0.3, -0.25) is 4.79 Å². The Kier molecular flexibility index (Phi) is 6.87. The van der Waals surface area contributed by atoms with Crippen LogP contribution in [0.1, 0.15) is 21.5 Å². The molecule has 0 spiro atoms. The van der Waals surface area contributed by atoms with Gasteiger partial charge in [-0.2, -0.15) is 0 Å². The summed E-state index contributed by atoms with van der Waals surface area (Å²) >= 11 is 6.49. The number of aromatic nitrogens is 2. The predicted octanol–water partition coefficient (Wildman–Crippen LogP) is 5.20. The number of halogens is 1. The van der Waals surface area contributed by atoms with E-state index in [9.17, 15) is 4.79 Å². The molecule has 27 heavy (non-hydrogen) atoms. The SMILES string of the molecule is COc1ccc(C(=O)CNc2nnc(SCc3cccc(C)c3)s2)cc1Br. The molecule has 140 valence electrons. The molecule has 0 amide bonds. The second-order valence-electron chi connectivity index (χ2n) is 5.78. The lowest BCUT2D eigenvalue weighted by atomic mass is 10.1. The molecule has 1 aromatic heterocycles. The normalized spacial score (nSPS) is 10.6. The van der Waals surface area contributed by atoms with Gasteiger partial charge in [0.25, 0.3) is 0 Å². The van der Waals surface area contributed by atoms with Crippen LogP contribution >= 0.6 is 39.0 Å². The van der Waals surface area contributed by atoms with Gasteiger partial charge in [0.2, 0.25) is 5.13 Å². The number of aryl methyl sites for hydroxylation is 1. The maximum atomic E-state index is 12.3. The molecule has 8 heteroatoms. The molecular weight excluding hydrogens is 446 g/mol. The van der Waals surface area contributed by atoms with E-state index in [-0.39, 0.29) is 12.3 Å². The van der Waals surface area contributed by atoms with Crippen LogP contribution in [0.15, 0.2) is 51.3 Å². The van der Waals surface area contributed by atoms with E-state index >= 15 is 0 Å². The molecule has 0 aliphatic rings. The lowest BCUT2D eigenvalue weighted by Crippen LogP contribution is -2.13. The monoisotopic (exact) mass is 463 g/mol. The van der Waals surface area contributed by atoms with Gasteiger partial charge < -0.3 is 10.1 Å². The number of ether oxygens (including phenoxy) is 1. The first-order valence-corrected chi connectivity index (χ1v) is 10.8. The number of anilines is 1. The van der Waals surface area contributed by atoms with Crippen molar-refractivity contribution in [3.8, 4) is 5.75 Å². The van der Waals surface area contributed by atoms with Gasteiger partial charge in [-0.25, -0.2) is 0 Å². The molecule has 0 bridgehead atoms. The molecule has 0 aliphatic carbocycles. The van der Waals surface area contributed by atoms with Crippen molar-refractivity contribution in [2.45, 2.75) is 17.0 Å². The number of hydrogen-bond donors (Lipinski definition) is 1. The third-order valence-electron chi connectivity index (χ3n) is 3.73. The standard InChI is InChI=1S/C19H18BrN3O2S2/c1-12-4-3-5-13(8-12)11-26-19-23-22-18(27-19)21-10-16(24)14-6-7-17(25-2)15(20)9-14/h3-9H,10-11H2,1-2H3,(H,21,22). The summed E-state index contributed by atoms with van der Waals surface area (Å²) in [6, 6.07) is 13.7. The molecule has 0 radical (unpaired) electrons. The van der Waals surface area contributed by atoms with Crippen molar-refractivity contribution in [3.63, 3.8) is 0 Å². The average Bonchev–Trinajstić information content (AvgIpc) is 3.12. The van der Waals surface area contributed by atoms with E-state index in [1.165, 1.54) is 22.5 Å². The number of hydrogen-bond acceptors (Lipinski definition) is 7. The molecule has 3 rings (SSSR count). The van der Waals surface area contributed by atoms with Crippen LogP contribution in [0.25, 0.3) is 0 Å². The van der Waals surface area contributed by atoms with E-state index in [1.807, 2.05) is 0 Å². The van der Waals surface area contributed by atoms with E-state index in [4.69, 9.17) is 4.74 Å². The highest BCUT2D eigenvalue weighted by Gasteiger charge is 2.11. The Morgan fingerprint density at radius 1 is 1.26 bits per heavy atom. The van der Waals surface area contributed by atoms with Crippen LogP contribution in [-0.4, -0.2) is 29.6 Å². The molecule has 5 nitrogen and oxygen atoms in total. The van der Waals surface area contributed by atoms with E-state index in [1.54, 1.807) is 37.1 Å². The maximum Gasteiger partial charge on any atom is 0.206 e. The average molecular weight is 464 g/mol. The molecule has 3 aromatic rings. The van der Waals surface area contributed by atoms with E-state index in [0.717, 1.165) is 14.6 Å². The van der Waals surface area contributed by atoms with Crippen molar-refractivity contribution in [2.75, 3.05) is 19.0 Å². The molecule has 0 saturated heterocycles. The maximum absolute atomic E-state index is 12.3. The van der Waals surface area contributed by atoms with E-state index in [0.29, 0.717) is 16.4 Å². The first-order valence-electron chi connectivity index (χ1n) is 8.17. The minimum Gasteiger partial charge on any atom is -0.496 e. The first-order chi connectivity index (χ1) is 13.0. The number of rotatable bonds is 8. The zero-order valence-corrected chi connectivity index (χ0v) is 18.1. The van der Waals surface area contributed by atoms with Gasteiger partial charge in [0.15, 0.2) is 10.1 Å². The summed E-state index contributed by atoms with van der Waals surface area (Å²) in [5.74, 6) is 1.51. The molecule has 0 aliphatic heterocycles. The minimum atomic E-state index is -0.0254. The summed E-state index contributed by atoms with van der Waals surface area (Å²) in [6.07, 6.45) is 0. The fraction of sp³-hybridized carbons (Fsp3) is 0.211. The fourth-order valence-corrected chi connectivity index (χ4v) is 4.62. The van der Waals surface area contributed by atoms with Gasteiger partial charge in [0, 0.05) is 11.3 Å². The van der Waals surface area contributed by atoms with Gasteiger partial charge in [0.1, 0.15) is 5.75 Å². The third kappa shape index (κ3) is 5.54. The van der Waals surface area contributed by atoms with Crippen molar-refractivity contribution in [1.29, 1.82) is 0 Å². The summed E-state index contributed by atoms with van der Waals surface area (Å²) in [7, 11) is 1.59. The zero-order valence-electron chi connectivity index (χ0n) is 14.9. The van der Waals surface area contributed by atoms with Crippen LogP contribution in [0.4, 0.5) is 5.13 Å². The zero-order chi connectivity index (χ0) is 19.2. The second kappa shape index (κ2) is 9.34. The van der Waals surface area contributed by atoms with Gasteiger partial charge in [0.05, 0.1) is 18.1 Å².